The molecule has 0 radical (unpaired) electrons. The van der Waals surface area contributed by atoms with E-state index < -0.39 is 0 Å². The summed E-state index contributed by atoms with van der Waals surface area (Å²) < 4.78 is 2.21. The minimum Gasteiger partial charge on any atom is -0.344 e. The van der Waals surface area contributed by atoms with Crippen LogP contribution in [-0.4, -0.2) is 25.9 Å². The summed E-state index contributed by atoms with van der Waals surface area (Å²) in [4.78, 5) is 14.4. The number of amides is 1. The minimum atomic E-state index is -0.303. The van der Waals surface area contributed by atoms with Crippen LogP contribution >= 0.6 is 23.1 Å². The second kappa shape index (κ2) is 9.30. The zero-order chi connectivity index (χ0) is 21.9. The Balaban J connectivity index is 1.36. The van der Waals surface area contributed by atoms with Gasteiger partial charge < -0.3 is 5.32 Å². The van der Waals surface area contributed by atoms with Crippen LogP contribution in [0.15, 0.2) is 83.3 Å². The molecule has 1 unspecified atom stereocenters. The van der Waals surface area contributed by atoms with Gasteiger partial charge in [0.05, 0.1) is 16.2 Å². The first-order valence-electron chi connectivity index (χ1n) is 10.8. The Morgan fingerprint density at radius 2 is 1.66 bits per heavy atom. The molecule has 2 heterocycles. The molecule has 5 nitrogen and oxygen atoms in total. The van der Waals surface area contributed by atoms with Crippen LogP contribution in [0.4, 0.5) is 0 Å². The molecular formula is C25H24N4OS2. The topological polar surface area (TPSA) is 59.8 Å². The molecule has 0 aliphatic heterocycles. The van der Waals surface area contributed by atoms with Crippen LogP contribution in [0, 0.1) is 0 Å². The van der Waals surface area contributed by atoms with Gasteiger partial charge in [0.2, 0.25) is 5.91 Å². The molecule has 2 aromatic heterocycles. The summed E-state index contributed by atoms with van der Waals surface area (Å²) in [7, 11) is 0. The lowest BCUT2D eigenvalue weighted by Gasteiger charge is -2.22. The maximum atomic E-state index is 13.2. The number of hydrogen-bond donors (Lipinski definition) is 1. The van der Waals surface area contributed by atoms with Crippen LogP contribution in [0.5, 0.6) is 0 Å². The smallest absolute Gasteiger partial charge is 0.234 e. The third kappa shape index (κ3) is 4.49. The van der Waals surface area contributed by atoms with E-state index in [1.165, 1.54) is 11.8 Å². The molecule has 0 spiro atoms. The quantitative estimate of drug-likeness (QED) is 0.341. The average Bonchev–Trinajstić information content (AvgIpc) is 3.35. The maximum Gasteiger partial charge on any atom is 0.234 e. The molecular weight excluding hydrogens is 436 g/mol. The monoisotopic (exact) mass is 460 g/mol. The van der Waals surface area contributed by atoms with Crippen LogP contribution < -0.4 is 5.32 Å². The van der Waals surface area contributed by atoms with Gasteiger partial charge in [-0.3, -0.25) is 9.36 Å². The van der Waals surface area contributed by atoms with Crippen molar-refractivity contribution in [3.8, 4) is 10.7 Å². The van der Waals surface area contributed by atoms with Crippen molar-refractivity contribution in [2.24, 2.45) is 0 Å². The SMILES string of the molecule is CC(Sc1nnc(-c2cccs2)n1C1CC1)C(=O)NC(c1ccccc1)c1ccccc1. The summed E-state index contributed by atoms with van der Waals surface area (Å²) in [5, 5.41) is 14.7. The zero-order valence-electron chi connectivity index (χ0n) is 17.7. The summed E-state index contributed by atoms with van der Waals surface area (Å²) in [6.07, 6.45) is 2.27. The summed E-state index contributed by atoms with van der Waals surface area (Å²) >= 11 is 3.14. The predicted octanol–water partition coefficient (Wildman–Crippen LogP) is 5.73. The zero-order valence-corrected chi connectivity index (χ0v) is 19.4. The largest absolute Gasteiger partial charge is 0.344 e. The van der Waals surface area contributed by atoms with Crippen molar-refractivity contribution in [2.75, 3.05) is 0 Å². The Morgan fingerprint density at radius 1 is 1.00 bits per heavy atom. The summed E-state index contributed by atoms with van der Waals surface area (Å²) in [5.74, 6) is 0.889. The average molecular weight is 461 g/mol. The molecule has 1 amide bonds. The first-order chi connectivity index (χ1) is 15.7. The molecule has 0 saturated heterocycles. The standard InChI is InChI=1S/C25H24N4OS2/c1-17(32-25-28-27-23(21-13-8-16-31-21)29(25)20-14-15-20)24(30)26-22(18-9-4-2-5-10-18)19-11-6-3-7-12-19/h2-13,16-17,20,22H,14-15H2,1H3,(H,26,30). The molecule has 1 N–H and O–H groups in total. The van der Waals surface area contributed by atoms with Crippen LogP contribution in [0.3, 0.4) is 0 Å². The van der Waals surface area contributed by atoms with Gasteiger partial charge in [0, 0.05) is 6.04 Å². The molecule has 1 aliphatic rings. The Morgan fingerprint density at radius 3 is 2.22 bits per heavy atom. The Bertz CT molecular complexity index is 1130. The number of carbonyl (C=O) groups excluding carboxylic acids is 1. The molecule has 4 aromatic rings. The highest BCUT2D eigenvalue weighted by Gasteiger charge is 2.32. The molecule has 1 fully saturated rings. The second-order valence-corrected chi connectivity index (χ2v) is 10.2. The van der Waals surface area contributed by atoms with E-state index in [9.17, 15) is 4.79 Å². The molecule has 7 heteroatoms. The molecule has 2 aromatic carbocycles. The van der Waals surface area contributed by atoms with Gasteiger partial charge in [0.1, 0.15) is 0 Å². The first-order valence-corrected chi connectivity index (χ1v) is 12.5. The highest BCUT2D eigenvalue weighted by Crippen LogP contribution is 2.42. The Kier molecular flexibility index (Phi) is 6.10. The van der Waals surface area contributed by atoms with E-state index in [-0.39, 0.29) is 17.2 Å². The molecule has 1 saturated carbocycles. The van der Waals surface area contributed by atoms with E-state index in [0.29, 0.717) is 6.04 Å². The van der Waals surface area contributed by atoms with E-state index in [1.807, 2.05) is 73.7 Å². The number of benzene rings is 2. The van der Waals surface area contributed by atoms with Gasteiger partial charge in [-0.2, -0.15) is 0 Å². The van der Waals surface area contributed by atoms with Crippen molar-refractivity contribution in [1.29, 1.82) is 0 Å². The Labute approximate surface area is 195 Å². The Hall–Kier alpha value is -2.90. The minimum absolute atomic E-state index is 0.0178. The van der Waals surface area contributed by atoms with E-state index >= 15 is 0 Å². The van der Waals surface area contributed by atoms with Crippen molar-refractivity contribution in [1.82, 2.24) is 20.1 Å². The van der Waals surface area contributed by atoms with E-state index in [2.05, 4.69) is 31.5 Å². The molecule has 1 atom stereocenters. The predicted molar refractivity (Wildman–Crippen MR) is 130 cm³/mol. The van der Waals surface area contributed by atoms with Crippen LogP contribution in [0.2, 0.25) is 0 Å². The van der Waals surface area contributed by atoms with Crippen molar-refractivity contribution in [2.45, 2.75) is 42.3 Å². The lowest BCUT2D eigenvalue weighted by atomic mass is 9.98. The molecule has 0 bridgehead atoms. The number of thioether (sulfide) groups is 1. The normalized spacial score (nSPS) is 14.4. The van der Waals surface area contributed by atoms with Gasteiger partial charge in [-0.05, 0) is 42.3 Å². The van der Waals surface area contributed by atoms with E-state index in [1.54, 1.807) is 11.3 Å². The number of aromatic nitrogens is 3. The van der Waals surface area contributed by atoms with E-state index in [4.69, 9.17) is 0 Å². The number of carbonyl (C=O) groups is 1. The van der Waals surface area contributed by atoms with Gasteiger partial charge >= 0.3 is 0 Å². The van der Waals surface area contributed by atoms with E-state index in [0.717, 1.165) is 39.8 Å². The maximum absolute atomic E-state index is 13.2. The lowest BCUT2D eigenvalue weighted by Crippen LogP contribution is -2.35. The fraction of sp³-hybridized carbons (Fsp3) is 0.240. The van der Waals surface area contributed by atoms with Gasteiger partial charge in [-0.15, -0.1) is 21.5 Å². The fourth-order valence-corrected chi connectivity index (χ4v) is 5.35. The van der Waals surface area contributed by atoms with Crippen LogP contribution in [0.25, 0.3) is 10.7 Å². The highest BCUT2D eigenvalue weighted by atomic mass is 32.2. The molecule has 1 aliphatic carbocycles. The van der Waals surface area contributed by atoms with Crippen LogP contribution in [-0.2, 0) is 4.79 Å². The second-order valence-electron chi connectivity index (χ2n) is 7.91. The summed E-state index contributed by atoms with van der Waals surface area (Å²) in [6, 6.07) is 24.5. The number of hydrogen-bond acceptors (Lipinski definition) is 5. The highest BCUT2D eigenvalue weighted by molar-refractivity contribution is 8.00. The number of thiophene rings is 1. The fourth-order valence-electron chi connectivity index (χ4n) is 3.71. The number of nitrogens with zero attached hydrogens (tertiary/aromatic N) is 3. The summed E-state index contributed by atoms with van der Waals surface area (Å²) in [5.41, 5.74) is 2.12. The van der Waals surface area contributed by atoms with Crippen molar-refractivity contribution < 1.29 is 4.79 Å². The number of rotatable bonds is 8. The third-order valence-electron chi connectivity index (χ3n) is 5.52. The molecule has 162 valence electrons. The summed E-state index contributed by atoms with van der Waals surface area (Å²) in [6.45, 7) is 1.93. The number of nitrogens with one attached hydrogen (secondary N) is 1. The van der Waals surface area contributed by atoms with Gasteiger partial charge in [0.15, 0.2) is 11.0 Å². The van der Waals surface area contributed by atoms with Crippen LogP contribution in [0.1, 0.15) is 43.0 Å². The van der Waals surface area contributed by atoms with Crippen molar-refractivity contribution in [3.05, 3.63) is 89.3 Å². The van der Waals surface area contributed by atoms with Crippen molar-refractivity contribution in [3.63, 3.8) is 0 Å². The molecule has 32 heavy (non-hydrogen) atoms. The van der Waals surface area contributed by atoms with Gasteiger partial charge in [0.25, 0.3) is 0 Å². The first kappa shape index (κ1) is 21.0. The van der Waals surface area contributed by atoms with Gasteiger partial charge in [-0.25, -0.2) is 0 Å². The lowest BCUT2D eigenvalue weighted by molar-refractivity contribution is -0.120. The van der Waals surface area contributed by atoms with Crippen molar-refractivity contribution >= 4 is 29.0 Å². The molecule has 5 rings (SSSR count). The van der Waals surface area contributed by atoms with Gasteiger partial charge in [-0.1, -0.05) is 78.5 Å². The third-order valence-corrected chi connectivity index (χ3v) is 7.44.